The summed E-state index contributed by atoms with van der Waals surface area (Å²) in [6, 6.07) is 7.91. The van der Waals surface area contributed by atoms with Crippen LogP contribution in [0, 0.1) is 5.92 Å². The van der Waals surface area contributed by atoms with E-state index in [-0.39, 0.29) is 18.4 Å². The Labute approximate surface area is 125 Å². The van der Waals surface area contributed by atoms with E-state index in [4.69, 9.17) is 0 Å². The van der Waals surface area contributed by atoms with Crippen molar-refractivity contribution >= 4 is 5.91 Å². The Kier molecular flexibility index (Phi) is 4.00. The molecule has 1 amide bonds. The molecule has 1 aromatic rings. The van der Waals surface area contributed by atoms with E-state index in [1.54, 1.807) is 0 Å². The molecule has 3 unspecified atom stereocenters. The fraction of sp³-hybridized carbons (Fsp3) is 0.588. The lowest BCUT2D eigenvalue weighted by atomic mass is 9.79. The molecule has 1 saturated carbocycles. The van der Waals surface area contributed by atoms with Crippen LogP contribution in [0.1, 0.15) is 43.2 Å². The quantitative estimate of drug-likeness (QED) is 0.789. The maximum absolute atomic E-state index is 12.2. The van der Waals surface area contributed by atoms with E-state index < -0.39 is 11.7 Å². The van der Waals surface area contributed by atoms with E-state index in [2.05, 4.69) is 5.32 Å². The van der Waals surface area contributed by atoms with Gasteiger partial charge < -0.3 is 15.5 Å². The summed E-state index contributed by atoms with van der Waals surface area (Å²) in [5, 5.41) is 23.6. The normalized spacial score (nSPS) is 31.7. The van der Waals surface area contributed by atoms with Crippen LogP contribution < -0.4 is 5.32 Å². The highest BCUT2D eigenvalue weighted by Crippen LogP contribution is 2.35. The third-order valence-corrected chi connectivity index (χ3v) is 4.93. The standard InChI is InChI=1S/C17H23NO3/c19-15-9-3-7-13(15)16(20)18-11-17(21)10-4-6-12-5-1-2-8-14(12)17/h1-2,5,8,13,15,19,21H,3-4,6-7,9-11H2,(H,18,20). The number of aryl methyl sites for hydroxylation is 1. The molecule has 114 valence electrons. The molecular weight excluding hydrogens is 266 g/mol. The Morgan fingerprint density at radius 2 is 2.10 bits per heavy atom. The van der Waals surface area contributed by atoms with Crippen molar-refractivity contribution in [3.63, 3.8) is 0 Å². The molecule has 21 heavy (non-hydrogen) atoms. The lowest BCUT2D eigenvalue weighted by Crippen LogP contribution is -2.45. The van der Waals surface area contributed by atoms with Gasteiger partial charge in [-0.25, -0.2) is 0 Å². The van der Waals surface area contributed by atoms with Crippen LogP contribution in [0.25, 0.3) is 0 Å². The summed E-state index contributed by atoms with van der Waals surface area (Å²) in [5.41, 5.74) is 1.12. The molecule has 1 fully saturated rings. The van der Waals surface area contributed by atoms with Gasteiger partial charge in [-0.2, -0.15) is 0 Å². The third kappa shape index (κ3) is 2.83. The number of aliphatic hydroxyl groups excluding tert-OH is 1. The van der Waals surface area contributed by atoms with E-state index in [0.29, 0.717) is 12.8 Å². The van der Waals surface area contributed by atoms with Gasteiger partial charge in [0, 0.05) is 0 Å². The topological polar surface area (TPSA) is 69.6 Å². The van der Waals surface area contributed by atoms with E-state index in [9.17, 15) is 15.0 Å². The molecular formula is C17H23NO3. The predicted octanol–water partition coefficient (Wildman–Crippen LogP) is 1.49. The zero-order valence-electron chi connectivity index (χ0n) is 12.2. The maximum atomic E-state index is 12.2. The van der Waals surface area contributed by atoms with E-state index in [0.717, 1.165) is 31.2 Å². The summed E-state index contributed by atoms with van der Waals surface area (Å²) < 4.78 is 0. The summed E-state index contributed by atoms with van der Waals surface area (Å²) in [6.07, 6.45) is 4.37. The van der Waals surface area contributed by atoms with Gasteiger partial charge in [0.05, 0.1) is 18.6 Å². The van der Waals surface area contributed by atoms with Crippen molar-refractivity contribution in [2.45, 2.75) is 50.2 Å². The van der Waals surface area contributed by atoms with Crippen LogP contribution in [0.5, 0.6) is 0 Å². The molecule has 0 heterocycles. The number of hydrogen-bond acceptors (Lipinski definition) is 3. The van der Waals surface area contributed by atoms with E-state index in [1.807, 2.05) is 24.3 Å². The van der Waals surface area contributed by atoms with Gasteiger partial charge in [0.2, 0.25) is 5.91 Å². The van der Waals surface area contributed by atoms with Gasteiger partial charge in [-0.05, 0) is 49.7 Å². The second kappa shape index (κ2) is 5.78. The molecule has 0 aliphatic heterocycles. The number of hydrogen-bond donors (Lipinski definition) is 3. The molecule has 0 saturated heterocycles. The summed E-state index contributed by atoms with van der Waals surface area (Å²) in [6.45, 7) is 0.228. The smallest absolute Gasteiger partial charge is 0.225 e. The number of aliphatic hydroxyl groups is 2. The van der Waals surface area contributed by atoms with Gasteiger partial charge in [0.15, 0.2) is 0 Å². The second-order valence-corrected chi connectivity index (χ2v) is 6.36. The van der Waals surface area contributed by atoms with Crippen LogP contribution in [0.4, 0.5) is 0 Å². The summed E-state index contributed by atoms with van der Waals surface area (Å²) in [7, 11) is 0. The van der Waals surface area contributed by atoms with Crippen molar-refractivity contribution in [1.82, 2.24) is 5.32 Å². The van der Waals surface area contributed by atoms with Crippen LogP contribution >= 0.6 is 0 Å². The average Bonchev–Trinajstić information content (AvgIpc) is 2.92. The predicted molar refractivity (Wildman–Crippen MR) is 79.6 cm³/mol. The lowest BCUT2D eigenvalue weighted by Gasteiger charge is -2.35. The molecule has 3 atom stereocenters. The maximum Gasteiger partial charge on any atom is 0.225 e. The molecule has 2 aliphatic carbocycles. The van der Waals surface area contributed by atoms with E-state index in [1.165, 1.54) is 5.56 Å². The van der Waals surface area contributed by atoms with Gasteiger partial charge in [-0.1, -0.05) is 24.3 Å². The number of amides is 1. The molecule has 0 spiro atoms. The fourth-order valence-electron chi connectivity index (χ4n) is 3.69. The van der Waals surface area contributed by atoms with E-state index >= 15 is 0 Å². The second-order valence-electron chi connectivity index (χ2n) is 6.36. The summed E-state index contributed by atoms with van der Waals surface area (Å²) in [5.74, 6) is -0.441. The molecule has 0 radical (unpaired) electrons. The third-order valence-electron chi connectivity index (χ3n) is 4.93. The number of benzene rings is 1. The molecule has 0 bridgehead atoms. The van der Waals surface area contributed by atoms with Gasteiger partial charge in [-0.15, -0.1) is 0 Å². The highest BCUT2D eigenvalue weighted by Gasteiger charge is 2.36. The molecule has 0 aromatic heterocycles. The first-order valence-electron chi connectivity index (χ1n) is 7.87. The van der Waals surface area contributed by atoms with Crippen molar-refractivity contribution in [3.8, 4) is 0 Å². The highest BCUT2D eigenvalue weighted by atomic mass is 16.3. The first kappa shape index (κ1) is 14.5. The first-order valence-corrected chi connectivity index (χ1v) is 7.87. The molecule has 4 nitrogen and oxygen atoms in total. The minimum Gasteiger partial charge on any atom is -0.392 e. The lowest BCUT2D eigenvalue weighted by molar-refractivity contribution is -0.129. The Hall–Kier alpha value is -1.39. The molecule has 1 aromatic carbocycles. The average molecular weight is 289 g/mol. The number of rotatable bonds is 3. The van der Waals surface area contributed by atoms with Crippen molar-refractivity contribution in [2.75, 3.05) is 6.54 Å². The molecule has 3 N–H and O–H groups in total. The SMILES string of the molecule is O=C(NCC1(O)CCCc2ccccc21)C1CCCC1O. The minimum atomic E-state index is -0.978. The Bertz CT molecular complexity index is 531. The van der Waals surface area contributed by atoms with Gasteiger partial charge in [-0.3, -0.25) is 4.79 Å². The van der Waals surface area contributed by atoms with Crippen molar-refractivity contribution in [3.05, 3.63) is 35.4 Å². The Balaban J connectivity index is 1.69. The van der Waals surface area contributed by atoms with Gasteiger partial charge in [0.1, 0.15) is 5.60 Å². The fourth-order valence-corrected chi connectivity index (χ4v) is 3.69. The van der Waals surface area contributed by atoms with Crippen LogP contribution in [0.15, 0.2) is 24.3 Å². The monoisotopic (exact) mass is 289 g/mol. The van der Waals surface area contributed by atoms with Crippen molar-refractivity contribution in [2.24, 2.45) is 5.92 Å². The molecule has 2 aliphatic rings. The largest absolute Gasteiger partial charge is 0.392 e. The Morgan fingerprint density at radius 1 is 1.29 bits per heavy atom. The van der Waals surface area contributed by atoms with Crippen LogP contribution in [-0.2, 0) is 16.8 Å². The Morgan fingerprint density at radius 3 is 2.86 bits per heavy atom. The molecule has 4 heteroatoms. The first-order chi connectivity index (χ1) is 10.1. The van der Waals surface area contributed by atoms with Crippen LogP contribution in [0.2, 0.25) is 0 Å². The number of nitrogens with one attached hydrogen (secondary N) is 1. The van der Waals surface area contributed by atoms with Crippen molar-refractivity contribution in [1.29, 1.82) is 0 Å². The number of carbonyl (C=O) groups excluding carboxylic acids is 1. The molecule has 3 rings (SSSR count). The number of carbonyl (C=O) groups is 1. The minimum absolute atomic E-state index is 0.128. The summed E-state index contributed by atoms with van der Waals surface area (Å²) >= 11 is 0. The number of fused-ring (bicyclic) bond motifs is 1. The highest BCUT2D eigenvalue weighted by molar-refractivity contribution is 5.79. The van der Waals surface area contributed by atoms with Crippen LogP contribution in [-0.4, -0.2) is 28.8 Å². The zero-order valence-corrected chi connectivity index (χ0v) is 12.2. The van der Waals surface area contributed by atoms with Gasteiger partial charge >= 0.3 is 0 Å². The zero-order chi connectivity index (χ0) is 14.9. The van der Waals surface area contributed by atoms with Gasteiger partial charge in [0.25, 0.3) is 0 Å². The summed E-state index contributed by atoms with van der Waals surface area (Å²) in [4.78, 5) is 12.2. The van der Waals surface area contributed by atoms with Crippen LogP contribution in [0.3, 0.4) is 0 Å². The van der Waals surface area contributed by atoms with Crippen molar-refractivity contribution < 1.29 is 15.0 Å².